The minimum absolute atomic E-state index is 0.345. The number of nitrogens with zero attached hydrogens (tertiary/aromatic N) is 4. The summed E-state index contributed by atoms with van der Waals surface area (Å²) in [6.45, 7) is 1.64. The van der Waals surface area contributed by atoms with Crippen LogP contribution in [-0.4, -0.2) is 32.9 Å². The molecule has 1 saturated heterocycles. The third kappa shape index (κ3) is 2.73. The van der Waals surface area contributed by atoms with Crippen LogP contribution in [0.25, 0.3) is 11.4 Å². The van der Waals surface area contributed by atoms with Crippen LogP contribution in [0.2, 0.25) is 0 Å². The highest BCUT2D eigenvalue weighted by Gasteiger charge is 2.17. The van der Waals surface area contributed by atoms with Gasteiger partial charge in [0.15, 0.2) is 5.82 Å². The number of rotatable bonds is 4. The lowest BCUT2D eigenvalue weighted by atomic mass is 10.1. The Balaban J connectivity index is 1.74. The lowest BCUT2D eigenvalue weighted by molar-refractivity contribution is 0.0994. The molecule has 3 rings (SSSR count). The molecular formula is C13H17N5O. The number of hydrogen-bond acceptors (Lipinski definition) is 5. The lowest BCUT2D eigenvalue weighted by Crippen LogP contribution is -2.12. The van der Waals surface area contributed by atoms with Crippen molar-refractivity contribution in [3.63, 3.8) is 0 Å². The third-order valence-electron chi connectivity index (χ3n) is 3.36. The first-order valence-corrected chi connectivity index (χ1v) is 6.56. The van der Waals surface area contributed by atoms with Crippen molar-refractivity contribution in [3.8, 4) is 11.4 Å². The van der Waals surface area contributed by atoms with Crippen molar-refractivity contribution in [2.75, 3.05) is 12.3 Å². The summed E-state index contributed by atoms with van der Waals surface area (Å²) < 4.78 is 7.43. The number of hydrogen-bond donors (Lipinski definition) is 1. The average molecular weight is 259 g/mol. The number of nitrogen functional groups attached to an aromatic ring is 1. The van der Waals surface area contributed by atoms with E-state index in [-0.39, 0.29) is 0 Å². The Morgan fingerprint density at radius 1 is 1.42 bits per heavy atom. The molecule has 2 aromatic rings. The van der Waals surface area contributed by atoms with Gasteiger partial charge >= 0.3 is 0 Å². The first-order valence-electron chi connectivity index (χ1n) is 6.56. The molecule has 1 aliphatic rings. The molecule has 100 valence electrons. The van der Waals surface area contributed by atoms with E-state index in [0.717, 1.165) is 43.8 Å². The molecule has 19 heavy (non-hydrogen) atoms. The van der Waals surface area contributed by atoms with Crippen molar-refractivity contribution in [1.29, 1.82) is 0 Å². The molecule has 0 aliphatic carbocycles. The normalized spacial score (nSPS) is 18.8. The number of ether oxygens (including phenoxy) is 1. The number of tetrazole rings is 1. The highest BCUT2D eigenvalue weighted by atomic mass is 16.5. The van der Waals surface area contributed by atoms with Crippen molar-refractivity contribution in [2.24, 2.45) is 0 Å². The van der Waals surface area contributed by atoms with Gasteiger partial charge < -0.3 is 10.5 Å². The van der Waals surface area contributed by atoms with Gasteiger partial charge in [-0.05, 0) is 41.8 Å². The van der Waals surface area contributed by atoms with Crippen LogP contribution in [0.5, 0.6) is 0 Å². The van der Waals surface area contributed by atoms with Gasteiger partial charge in [0, 0.05) is 24.4 Å². The summed E-state index contributed by atoms with van der Waals surface area (Å²) in [6, 6.07) is 7.60. The molecule has 0 bridgehead atoms. The van der Waals surface area contributed by atoms with Crippen LogP contribution in [0.1, 0.15) is 19.3 Å². The van der Waals surface area contributed by atoms with Crippen LogP contribution in [0.15, 0.2) is 24.3 Å². The van der Waals surface area contributed by atoms with Crippen molar-refractivity contribution in [1.82, 2.24) is 20.2 Å². The zero-order valence-electron chi connectivity index (χ0n) is 10.7. The molecule has 2 N–H and O–H groups in total. The van der Waals surface area contributed by atoms with E-state index >= 15 is 0 Å². The maximum Gasteiger partial charge on any atom is 0.182 e. The standard InChI is InChI=1S/C13H17N5O/c14-11-4-1-3-10(9-11)13-15-16-17-18(13)7-6-12-5-2-8-19-12/h1,3-4,9,12H,2,5-8,14H2. The highest BCUT2D eigenvalue weighted by Crippen LogP contribution is 2.20. The SMILES string of the molecule is Nc1cccc(-c2nnnn2CCC2CCCO2)c1. The van der Waals surface area contributed by atoms with Crippen molar-refractivity contribution < 1.29 is 4.74 Å². The van der Waals surface area contributed by atoms with Gasteiger partial charge in [0.2, 0.25) is 0 Å². The number of anilines is 1. The average Bonchev–Trinajstić information content (AvgIpc) is 3.08. The van der Waals surface area contributed by atoms with Crippen molar-refractivity contribution in [3.05, 3.63) is 24.3 Å². The minimum atomic E-state index is 0.345. The Morgan fingerprint density at radius 2 is 2.37 bits per heavy atom. The Labute approximate surface area is 111 Å². The summed E-state index contributed by atoms with van der Waals surface area (Å²) in [5, 5.41) is 11.9. The smallest absolute Gasteiger partial charge is 0.182 e. The van der Waals surface area contributed by atoms with E-state index in [1.54, 1.807) is 0 Å². The Hall–Kier alpha value is -1.95. The fourth-order valence-electron chi connectivity index (χ4n) is 2.38. The van der Waals surface area contributed by atoms with E-state index < -0.39 is 0 Å². The van der Waals surface area contributed by atoms with Gasteiger partial charge in [0.1, 0.15) is 0 Å². The number of aryl methyl sites for hydroxylation is 1. The first-order chi connectivity index (χ1) is 9.33. The Bertz CT molecular complexity index is 547. The Morgan fingerprint density at radius 3 is 3.16 bits per heavy atom. The largest absolute Gasteiger partial charge is 0.399 e. The molecule has 0 saturated carbocycles. The monoisotopic (exact) mass is 259 g/mol. The highest BCUT2D eigenvalue weighted by molar-refractivity contribution is 5.60. The second-order valence-electron chi connectivity index (χ2n) is 4.77. The predicted molar refractivity (Wildman–Crippen MR) is 71.3 cm³/mol. The summed E-state index contributed by atoms with van der Waals surface area (Å²) in [6.07, 6.45) is 3.58. The molecule has 1 aromatic heterocycles. The van der Waals surface area contributed by atoms with Crippen LogP contribution >= 0.6 is 0 Å². The molecule has 0 amide bonds. The van der Waals surface area contributed by atoms with E-state index in [4.69, 9.17) is 10.5 Å². The second-order valence-corrected chi connectivity index (χ2v) is 4.77. The zero-order chi connectivity index (χ0) is 13.1. The molecule has 1 unspecified atom stereocenters. The molecule has 1 aromatic carbocycles. The van der Waals surface area contributed by atoms with E-state index in [9.17, 15) is 0 Å². The maximum absolute atomic E-state index is 5.79. The zero-order valence-corrected chi connectivity index (χ0v) is 10.7. The lowest BCUT2D eigenvalue weighted by Gasteiger charge is -2.09. The summed E-state index contributed by atoms with van der Waals surface area (Å²) in [7, 11) is 0. The van der Waals surface area contributed by atoms with Gasteiger partial charge in [0.05, 0.1) is 6.10 Å². The van der Waals surface area contributed by atoms with E-state index in [1.807, 2.05) is 28.9 Å². The van der Waals surface area contributed by atoms with Gasteiger partial charge in [0.25, 0.3) is 0 Å². The molecule has 6 heteroatoms. The number of aromatic nitrogens is 4. The van der Waals surface area contributed by atoms with Crippen LogP contribution in [0.4, 0.5) is 5.69 Å². The fourth-order valence-corrected chi connectivity index (χ4v) is 2.38. The summed E-state index contributed by atoms with van der Waals surface area (Å²) in [5.41, 5.74) is 7.45. The minimum Gasteiger partial charge on any atom is -0.399 e. The first kappa shape index (κ1) is 12.1. The molecule has 0 radical (unpaired) electrons. The molecule has 0 spiro atoms. The van der Waals surface area contributed by atoms with Crippen molar-refractivity contribution >= 4 is 5.69 Å². The van der Waals surface area contributed by atoms with Gasteiger partial charge in [-0.2, -0.15) is 0 Å². The topological polar surface area (TPSA) is 78.9 Å². The Kier molecular flexibility index (Phi) is 3.41. The van der Waals surface area contributed by atoms with Gasteiger partial charge in [-0.1, -0.05) is 12.1 Å². The van der Waals surface area contributed by atoms with Crippen LogP contribution < -0.4 is 5.73 Å². The fraction of sp³-hybridized carbons (Fsp3) is 0.462. The van der Waals surface area contributed by atoms with E-state index in [1.165, 1.54) is 0 Å². The van der Waals surface area contributed by atoms with Gasteiger partial charge in [-0.25, -0.2) is 4.68 Å². The maximum atomic E-state index is 5.79. The van der Waals surface area contributed by atoms with E-state index in [2.05, 4.69) is 15.5 Å². The number of nitrogens with two attached hydrogens (primary N) is 1. The summed E-state index contributed by atoms with van der Waals surface area (Å²) in [5.74, 6) is 0.755. The third-order valence-corrected chi connectivity index (χ3v) is 3.36. The van der Waals surface area contributed by atoms with Crippen LogP contribution in [0, 0.1) is 0 Å². The molecular weight excluding hydrogens is 242 g/mol. The van der Waals surface area contributed by atoms with Gasteiger partial charge in [-0.15, -0.1) is 5.10 Å². The number of benzene rings is 1. The van der Waals surface area contributed by atoms with Crippen molar-refractivity contribution in [2.45, 2.75) is 31.9 Å². The van der Waals surface area contributed by atoms with Crippen LogP contribution in [-0.2, 0) is 11.3 Å². The molecule has 6 nitrogen and oxygen atoms in total. The molecule has 1 atom stereocenters. The summed E-state index contributed by atoms with van der Waals surface area (Å²) in [4.78, 5) is 0. The predicted octanol–water partition coefficient (Wildman–Crippen LogP) is 1.49. The van der Waals surface area contributed by atoms with Crippen LogP contribution in [0.3, 0.4) is 0 Å². The molecule has 1 aliphatic heterocycles. The second kappa shape index (κ2) is 5.36. The van der Waals surface area contributed by atoms with Gasteiger partial charge in [-0.3, -0.25) is 0 Å². The van der Waals surface area contributed by atoms with E-state index in [0.29, 0.717) is 11.8 Å². The molecule has 1 fully saturated rings. The summed E-state index contributed by atoms with van der Waals surface area (Å²) >= 11 is 0. The quantitative estimate of drug-likeness (QED) is 0.841. The molecule has 2 heterocycles.